The molecule has 2 unspecified atom stereocenters. The van der Waals surface area contributed by atoms with Gasteiger partial charge in [0.25, 0.3) is 0 Å². The highest BCUT2D eigenvalue weighted by atomic mass is 19.4. The van der Waals surface area contributed by atoms with Crippen molar-refractivity contribution in [2.45, 2.75) is 37.5 Å². The Kier molecular flexibility index (Phi) is 8.28. The zero-order chi connectivity index (χ0) is 25.7. The van der Waals surface area contributed by atoms with Crippen LogP contribution in [0, 0.1) is 17.2 Å². The molecule has 10 nitrogen and oxygen atoms in total. The molecule has 3 atom stereocenters. The van der Waals surface area contributed by atoms with E-state index in [0.717, 1.165) is 18.7 Å². The number of piperazine rings is 1. The van der Waals surface area contributed by atoms with Gasteiger partial charge in [0.05, 0.1) is 5.56 Å². The van der Waals surface area contributed by atoms with Crippen LogP contribution in [0.4, 0.5) is 19.0 Å². The molecule has 2 amide bonds. The lowest BCUT2D eigenvalue weighted by atomic mass is 9.94. The summed E-state index contributed by atoms with van der Waals surface area (Å²) in [6.45, 7) is 3.90. The number of halogens is 3. The van der Waals surface area contributed by atoms with Crippen molar-refractivity contribution in [2.24, 2.45) is 5.92 Å². The zero-order valence-corrected chi connectivity index (χ0v) is 19.9. The van der Waals surface area contributed by atoms with Crippen LogP contribution in [0.15, 0.2) is 18.3 Å². The first-order valence-electron chi connectivity index (χ1n) is 12.2. The number of pyridine rings is 1. The number of carbonyl (C=O) groups is 2. The van der Waals surface area contributed by atoms with Gasteiger partial charge in [0.2, 0.25) is 11.8 Å². The maximum Gasteiger partial charge on any atom is 0.402 e. The van der Waals surface area contributed by atoms with E-state index < -0.39 is 24.0 Å². The molecule has 36 heavy (non-hydrogen) atoms. The Labute approximate surface area is 207 Å². The quantitative estimate of drug-likeness (QED) is 0.449. The third-order valence-electron chi connectivity index (χ3n) is 7.12. The van der Waals surface area contributed by atoms with Gasteiger partial charge < -0.3 is 15.1 Å². The van der Waals surface area contributed by atoms with Crippen LogP contribution >= 0.6 is 0 Å². The van der Waals surface area contributed by atoms with Crippen molar-refractivity contribution in [3.05, 3.63) is 23.9 Å². The van der Waals surface area contributed by atoms with Crippen molar-refractivity contribution in [1.29, 1.82) is 5.26 Å². The fourth-order valence-corrected chi connectivity index (χ4v) is 5.25. The van der Waals surface area contributed by atoms with Gasteiger partial charge in [-0.05, 0) is 31.5 Å². The Morgan fingerprint density at radius 3 is 2.67 bits per heavy atom. The Bertz CT molecular complexity index is 960. The van der Waals surface area contributed by atoms with E-state index in [9.17, 15) is 22.8 Å². The average Bonchev–Trinajstić information content (AvgIpc) is 3.34. The van der Waals surface area contributed by atoms with E-state index in [2.05, 4.69) is 26.1 Å². The van der Waals surface area contributed by atoms with E-state index in [4.69, 9.17) is 5.26 Å². The van der Waals surface area contributed by atoms with Crippen LogP contribution in [0.2, 0.25) is 0 Å². The number of nitrogens with one attached hydrogen (secondary N) is 3. The molecule has 3 fully saturated rings. The molecule has 1 aromatic rings. The summed E-state index contributed by atoms with van der Waals surface area (Å²) in [6, 6.07) is 4.50. The number of nitriles is 1. The number of hydrogen-bond donors (Lipinski definition) is 3. The molecule has 0 aliphatic carbocycles. The molecule has 3 saturated heterocycles. The highest BCUT2D eigenvalue weighted by Crippen LogP contribution is 2.35. The van der Waals surface area contributed by atoms with Crippen LogP contribution in [0.25, 0.3) is 0 Å². The Morgan fingerprint density at radius 1 is 1.22 bits per heavy atom. The van der Waals surface area contributed by atoms with Gasteiger partial charge >= 0.3 is 6.18 Å². The van der Waals surface area contributed by atoms with E-state index in [1.807, 2.05) is 11.0 Å². The monoisotopic (exact) mass is 508 g/mol. The van der Waals surface area contributed by atoms with Crippen LogP contribution in [-0.2, 0) is 9.59 Å². The number of amides is 2. The number of nitrogens with zero attached hydrogens (tertiary/aromatic N) is 5. The third kappa shape index (κ3) is 6.05. The van der Waals surface area contributed by atoms with Gasteiger partial charge in [-0.15, -0.1) is 0 Å². The second-order valence-corrected chi connectivity index (χ2v) is 9.33. The first-order valence-corrected chi connectivity index (χ1v) is 12.2. The summed E-state index contributed by atoms with van der Waals surface area (Å²) in [6.07, 6.45) is -1.25. The van der Waals surface area contributed by atoms with Crippen LogP contribution in [0.5, 0.6) is 0 Å². The molecule has 0 saturated carbocycles. The molecule has 4 heterocycles. The molecule has 1 aromatic heterocycles. The molecule has 3 aliphatic rings. The maximum absolute atomic E-state index is 13.6. The van der Waals surface area contributed by atoms with Crippen molar-refractivity contribution in [2.75, 3.05) is 57.3 Å². The molecular weight excluding hydrogens is 477 g/mol. The lowest BCUT2D eigenvalue weighted by Gasteiger charge is -2.41. The summed E-state index contributed by atoms with van der Waals surface area (Å²) >= 11 is 0. The third-order valence-corrected chi connectivity index (χ3v) is 7.12. The van der Waals surface area contributed by atoms with Crippen molar-refractivity contribution in [3.8, 4) is 6.07 Å². The van der Waals surface area contributed by atoms with E-state index in [0.29, 0.717) is 57.8 Å². The highest BCUT2D eigenvalue weighted by Gasteiger charge is 2.54. The molecule has 3 aliphatic heterocycles. The largest absolute Gasteiger partial charge is 0.402 e. The summed E-state index contributed by atoms with van der Waals surface area (Å²) in [7, 11) is 0. The summed E-state index contributed by atoms with van der Waals surface area (Å²) in [5.74, 6) is -2.29. The normalized spacial score (nSPS) is 25.5. The summed E-state index contributed by atoms with van der Waals surface area (Å²) in [5.41, 5.74) is 5.20. The summed E-state index contributed by atoms with van der Waals surface area (Å²) in [4.78, 5) is 34.6. The van der Waals surface area contributed by atoms with Crippen molar-refractivity contribution in [3.63, 3.8) is 0 Å². The first kappa shape index (κ1) is 26.1. The Hall–Kier alpha value is -2.95. The van der Waals surface area contributed by atoms with Gasteiger partial charge in [-0.3, -0.25) is 19.9 Å². The fourth-order valence-electron chi connectivity index (χ4n) is 5.25. The number of carbonyl (C=O) groups excluding carboxylic acids is 2. The lowest BCUT2D eigenvalue weighted by Crippen LogP contribution is -2.65. The minimum Gasteiger partial charge on any atom is -0.353 e. The number of likely N-dealkylation sites (tertiary alicyclic amines) is 1. The summed E-state index contributed by atoms with van der Waals surface area (Å²) in [5, 5.41) is 12.1. The standard InChI is InChI=1S/C23H31F3N8O2/c24-23(25,26)21-18(15-30-31-22(21)36)34-7-1-2-17(34)14-28-6-5-20(35)33-10-8-32(9-11-33)19-4-3-16(12-27)13-29-19/h3-4,13,17-18,21,28,30H,1-2,5-11,14-15H2,(H,31,36)/t17-,18?,21?/m0/s1. The van der Waals surface area contributed by atoms with Crippen molar-refractivity contribution in [1.82, 2.24) is 31.0 Å². The minimum atomic E-state index is -4.61. The predicted molar refractivity (Wildman–Crippen MR) is 124 cm³/mol. The SMILES string of the molecule is N#Cc1ccc(N2CCN(C(=O)CCNC[C@@H]3CCCN3C3CNNC(=O)C3C(F)(F)F)CC2)nc1. The zero-order valence-electron chi connectivity index (χ0n) is 19.9. The molecule has 0 aromatic carbocycles. The molecular formula is C23H31F3N8O2. The van der Waals surface area contributed by atoms with Crippen LogP contribution in [0.3, 0.4) is 0 Å². The molecule has 0 bridgehead atoms. The second-order valence-electron chi connectivity index (χ2n) is 9.33. The second kappa shape index (κ2) is 11.4. The van der Waals surface area contributed by atoms with Crippen LogP contribution < -0.4 is 21.1 Å². The number of aromatic nitrogens is 1. The van der Waals surface area contributed by atoms with Crippen LogP contribution in [0.1, 0.15) is 24.8 Å². The predicted octanol–water partition coefficient (Wildman–Crippen LogP) is 0.227. The number of hydrogen-bond acceptors (Lipinski definition) is 8. The van der Waals surface area contributed by atoms with Gasteiger partial charge in [-0.1, -0.05) is 0 Å². The number of hydrazine groups is 1. The van der Waals surface area contributed by atoms with E-state index in [-0.39, 0.29) is 18.5 Å². The molecule has 0 radical (unpaired) electrons. The highest BCUT2D eigenvalue weighted by molar-refractivity contribution is 5.80. The number of anilines is 1. The van der Waals surface area contributed by atoms with Gasteiger partial charge in [0.15, 0.2) is 5.92 Å². The molecule has 13 heteroatoms. The number of rotatable bonds is 7. The molecule has 3 N–H and O–H groups in total. The minimum absolute atomic E-state index is 0.0310. The first-order chi connectivity index (χ1) is 17.3. The molecule has 196 valence electrons. The smallest absolute Gasteiger partial charge is 0.353 e. The van der Waals surface area contributed by atoms with Crippen molar-refractivity contribution < 1.29 is 22.8 Å². The maximum atomic E-state index is 13.6. The van der Waals surface area contributed by atoms with Gasteiger partial charge in [0.1, 0.15) is 11.9 Å². The van der Waals surface area contributed by atoms with E-state index >= 15 is 0 Å². The molecule has 0 spiro atoms. The Morgan fingerprint density at radius 2 is 2.00 bits per heavy atom. The van der Waals surface area contributed by atoms with Crippen LogP contribution in [-0.4, -0.2) is 97.2 Å². The van der Waals surface area contributed by atoms with Gasteiger partial charge in [0, 0.05) is 70.5 Å². The van der Waals surface area contributed by atoms with Crippen molar-refractivity contribution >= 4 is 17.6 Å². The average molecular weight is 509 g/mol. The fraction of sp³-hybridized carbons (Fsp3) is 0.652. The van der Waals surface area contributed by atoms with Gasteiger partial charge in [-0.25, -0.2) is 10.4 Å². The topological polar surface area (TPSA) is 117 Å². The Balaban J connectivity index is 1.20. The van der Waals surface area contributed by atoms with E-state index in [1.165, 1.54) is 6.20 Å². The number of alkyl halides is 3. The summed E-state index contributed by atoms with van der Waals surface area (Å²) < 4.78 is 40.7. The van der Waals surface area contributed by atoms with Gasteiger partial charge in [-0.2, -0.15) is 18.4 Å². The lowest BCUT2D eigenvalue weighted by molar-refractivity contribution is -0.201. The van der Waals surface area contributed by atoms with E-state index in [1.54, 1.807) is 17.0 Å². The molecule has 4 rings (SSSR count).